The Bertz CT molecular complexity index is 877. The maximum absolute atomic E-state index is 13.6. The number of nitriles is 2. The summed E-state index contributed by atoms with van der Waals surface area (Å²) in [6, 6.07) is 15.4. The highest BCUT2D eigenvalue weighted by Crippen LogP contribution is 2.29. The summed E-state index contributed by atoms with van der Waals surface area (Å²) < 4.78 is 13.6. The fraction of sp³-hybridized carbons (Fsp3) is 0.250. The van der Waals surface area contributed by atoms with Gasteiger partial charge in [0.25, 0.3) is 0 Å². The average molecular weight is 333 g/mol. The average Bonchev–Trinajstić information content (AvgIpc) is 2.65. The largest absolute Gasteiger partial charge is 0.311 e. The number of hydrogen-bond acceptors (Lipinski definition) is 3. The zero-order valence-electron chi connectivity index (χ0n) is 13.6. The van der Waals surface area contributed by atoms with E-state index in [-0.39, 0.29) is 18.1 Å². The number of carbonyl (C=O) groups excluding carboxylic acids is 1. The van der Waals surface area contributed by atoms with Crippen molar-refractivity contribution in [2.24, 2.45) is 5.92 Å². The van der Waals surface area contributed by atoms with E-state index < -0.39 is 5.92 Å². The standard InChI is InChI=1S/C20H16FN3O/c21-18-8-7-16-2-1-9-24(19(16)11-18)20(25)17(13-23)10-14-3-5-15(12-22)6-4-14/h3-8,11,17H,1-2,9-10H2/t17-/m1/s1. The molecule has 0 saturated carbocycles. The van der Waals surface area contributed by atoms with Crippen molar-refractivity contribution in [2.45, 2.75) is 19.3 Å². The molecule has 2 aromatic rings. The van der Waals surface area contributed by atoms with Gasteiger partial charge < -0.3 is 4.90 Å². The molecule has 0 spiro atoms. The first kappa shape index (κ1) is 16.7. The van der Waals surface area contributed by atoms with Crippen LogP contribution in [-0.4, -0.2) is 12.5 Å². The molecule has 1 amide bonds. The Hall–Kier alpha value is -3.18. The molecule has 0 aromatic heterocycles. The van der Waals surface area contributed by atoms with Gasteiger partial charge in [-0.05, 0) is 54.7 Å². The Morgan fingerprint density at radius 2 is 1.96 bits per heavy atom. The van der Waals surface area contributed by atoms with Crippen LogP contribution in [0, 0.1) is 34.4 Å². The summed E-state index contributed by atoms with van der Waals surface area (Å²) in [6.45, 7) is 0.487. The molecule has 1 aliphatic rings. The Morgan fingerprint density at radius 3 is 2.64 bits per heavy atom. The topological polar surface area (TPSA) is 67.9 Å². The third-order valence-electron chi connectivity index (χ3n) is 4.41. The van der Waals surface area contributed by atoms with E-state index in [1.807, 2.05) is 6.07 Å². The highest BCUT2D eigenvalue weighted by molar-refractivity contribution is 5.97. The molecular formula is C20H16FN3O. The molecule has 0 radical (unpaired) electrons. The molecule has 4 nitrogen and oxygen atoms in total. The Balaban J connectivity index is 1.83. The predicted octanol–water partition coefficient (Wildman–Crippen LogP) is 3.36. The molecule has 3 rings (SSSR count). The van der Waals surface area contributed by atoms with Crippen LogP contribution in [0.25, 0.3) is 0 Å². The van der Waals surface area contributed by atoms with Crippen molar-refractivity contribution in [3.05, 3.63) is 65.0 Å². The van der Waals surface area contributed by atoms with Crippen molar-refractivity contribution in [2.75, 3.05) is 11.4 Å². The third kappa shape index (κ3) is 3.51. The van der Waals surface area contributed by atoms with Crippen LogP contribution in [0.3, 0.4) is 0 Å². The fourth-order valence-corrected chi connectivity index (χ4v) is 3.10. The van der Waals surface area contributed by atoms with Crippen LogP contribution in [0.2, 0.25) is 0 Å². The van der Waals surface area contributed by atoms with Crippen molar-refractivity contribution in [3.8, 4) is 12.1 Å². The van der Waals surface area contributed by atoms with Crippen LogP contribution in [0.5, 0.6) is 0 Å². The normalized spacial score (nSPS) is 14.1. The van der Waals surface area contributed by atoms with Gasteiger partial charge in [0, 0.05) is 12.2 Å². The quantitative estimate of drug-likeness (QED) is 0.865. The van der Waals surface area contributed by atoms with Gasteiger partial charge in [-0.3, -0.25) is 4.79 Å². The number of anilines is 1. The molecule has 0 aliphatic carbocycles. The molecule has 0 bridgehead atoms. The number of halogens is 1. The lowest BCUT2D eigenvalue weighted by atomic mass is 9.95. The van der Waals surface area contributed by atoms with Crippen LogP contribution in [0.15, 0.2) is 42.5 Å². The van der Waals surface area contributed by atoms with Gasteiger partial charge in [0.15, 0.2) is 0 Å². The molecule has 5 heteroatoms. The second kappa shape index (κ2) is 7.15. The number of amides is 1. The highest BCUT2D eigenvalue weighted by Gasteiger charge is 2.29. The van der Waals surface area contributed by atoms with Crippen LogP contribution in [0.4, 0.5) is 10.1 Å². The number of benzene rings is 2. The minimum atomic E-state index is -0.845. The Kier molecular flexibility index (Phi) is 4.77. The van der Waals surface area contributed by atoms with Crippen molar-refractivity contribution >= 4 is 11.6 Å². The summed E-state index contributed by atoms with van der Waals surface area (Å²) in [4.78, 5) is 14.4. The van der Waals surface area contributed by atoms with Crippen LogP contribution < -0.4 is 4.90 Å². The van der Waals surface area contributed by atoms with Gasteiger partial charge in [-0.25, -0.2) is 4.39 Å². The van der Waals surface area contributed by atoms with E-state index in [1.165, 1.54) is 17.0 Å². The molecular weight excluding hydrogens is 317 g/mol. The number of aryl methyl sites for hydroxylation is 1. The SMILES string of the molecule is N#Cc1ccc(C[C@H](C#N)C(=O)N2CCCc3ccc(F)cc32)cc1. The number of rotatable bonds is 3. The van der Waals surface area contributed by atoms with Crippen molar-refractivity contribution in [3.63, 3.8) is 0 Å². The van der Waals surface area contributed by atoms with Gasteiger partial charge in [-0.1, -0.05) is 18.2 Å². The minimum absolute atomic E-state index is 0.266. The molecule has 0 N–H and O–H groups in total. The molecule has 0 fully saturated rings. The van der Waals surface area contributed by atoms with Crippen LogP contribution in [-0.2, 0) is 17.6 Å². The van der Waals surface area contributed by atoms with Gasteiger partial charge >= 0.3 is 0 Å². The molecule has 25 heavy (non-hydrogen) atoms. The van der Waals surface area contributed by atoms with Gasteiger partial charge in [0.2, 0.25) is 5.91 Å². The fourth-order valence-electron chi connectivity index (χ4n) is 3.10. The lowest BCUT2D eigenvalue weighted by Gasteiger charge is -2.31. The maximum Gasteiger partial charge on any atom is 0.244 e. The van der Waals surface area contributed by atoms with E-state index in [9.17, 15) is 14.4 Å². The van der Waals surface area contributed by atoms with Crippen LogP contribution in [0.1, 0.15) is 23.1 Å². The zero-order valence-corrected chi connectivity index (χ0v) is 13.6. The zero-order chi connectivity index (χ0) is 17.8. The number of nitrogens with zero attached hydrogens (tertiary/aromatic N) is 3. The summed E-state index contributed by atoms with van der Waals surface area (Å²) >= 11 is 0. The summed E-state index contributed by atoms with van der Waals surface area (Å²) in [7, 11) is 0. The van der Waals surface area contributed by atoms with E-state index in [0.29, 0.717) is 17.8 Å². The third-order valence-corrected chi connectivity index (χ3v) is 4.41. The van der Waals surface area contributed by atoms with E-state index in [4.69, 9.17) is 5.26 Å². The first-order chi connectivity index (χ1) is 12.1. The lowest BCUT2D eigenvalue weighted by Crippen LogP contribution is -2.40. The number of carbonyl (C=O) groups is 1. The molecule has 0 unspecified atom stereocenters. The van der Waals surface area contributed by atoms with Gasteiger partial charge in [-0.2, -0.15) is 10.5 Å². The van der Waals surface area contributed by atoms with Gasteiger partial charge in [0.05, 0.1) is 17.7 Å². The Morgan fingerprint density at radius 1 is 1.20 bits per heavy atom. The highest BCUT2D eigenvalue weighted by atomic mass is 19.1. The van der Waals surface area contributed by atoms with E-state index in [0.717, 1.165) is 24.0 Å². The molecule has 2 aromatic carbocycles. The van der Waals surface area contributed by atoms with Crippen LogP contribution >= 0.6 is 0 Å². The van der Waals surface area contributed by atoms with Gasteiger partial charge in [-0.15, -0.1) is 0 Å². The van der Waals surface area contributed by atoms with Crippen molar-refractivity contribution in [1.82, 2.24) is 0 Å². The van der Waals surface area contributed by atoms with Crippen molar-refractivity contribution in [1.29, 1.82) is 10.5 Å². The summed E-state index contributed by atoms with van der Waals surface area (Å²) in [5.41, 5.74) is 2.84. The van der Waals surface area contributed by atoms with E-state index >= 15 is 0 Å². The predicted molar refractivity (Wildman–Crippen MR) is 91.0 cm³/mol. The smallest absolute Gasteiger partial charge is 0.244 e. The second-order valence-corrected chi connectivity index (χ2v) is 6.06. The van der Waals surface area contributed by atoms with Crippen molar-refractivity contribution < 1.29 is 9.18 Å². The second-order valence-electron chi connectivity index (χ2n) is 6.06. The number of hydrogen-bond donors (Lipinski definition) is 0. The molecule has 1 aliphatic heterocycles. The Labute approximate surface area is 145 Å². The van der Waals surface area contributed by atoms with Gasteiger partial charge in [0.1, 0.15) is 11.7 Å². The summed E-state index contributed by atoms with van der Waals surface area (Å²) in [5.74, 6) is -1.54. The molecule has 0 saturated heterocycles. The van der Waals surface area contributed by atoms with E-state index in [1.54, 1.807) is 30.3 Å². The lowest BCUT2D eigenvalue weighted by molar-refractivity contribution is -0.120. The first-order valence-corrected chi connectivity index (χ1v) is 8.11. The number of fused-ring (bicyclic) bond motifs is 1. The molecule has 124 valence electrons. The maximum atomic E-state index is 13.6. The molecule has 1 heterocycles. The summed E-state index contributed by atoms with van der Waals surface area (Å²) in [5, 5.41) is 18.3. The first-order valence-electron chi connectivity index (χ1n) is 8.11. The molecule has 1 atom stereocenters. The van der Waals surface area contributed by atoms with E-state index in [2.05, 4.69) is 6.07 Å². The summed E-state index contributed by atoms with van der Waals surface area (Å²) in [6.07, 6.45) is 1.85. The minimum Gasteiger partial charge on any atom is -0.311 e. The monoisotopic (exact) mass is 333 g/mol.